The first-order chi connectivity index (χ1) is 8.25. The van der Waals surface area contributed by atoms with Gasteiger partial charge in [-0.3, -0.25) is 4.79 Å². The van der Waals surface area contributed by atoms with Gasteiger partial charge in [0.2, 0.25) is 5.91 Å². The molecule has 1 aliphatic rings. The molecule has 1 aliphatic carbocycles. The van der Waals surface area contributed by atoms with Crippen molar-refractivity contribution >= 4 is 17.5 Å². The van der Waals surface area contributed by atoms with E-state index in [1.807, 2.05) is 11.9 Å². The van der Waals surface area contributed by atoms with Gasteiger partial charge in [-0.25, -0.2) is 0 Å². The topological polar surface area (TPSA) is 20.3 Å². The number of carbonyl (C=O) groups is 1. The number of halogens is 1. The molecule has 100 valence electrons. The van der Waals surface area contributed by atoms with Crippen LogP contribution in [0.1, 0.15) is 57.8 Å². The van der Waals surface area contributed by atoms with Crippen LogP contribution in [0.5, 0.6) is 0 Å². The lowest BCUT2D eigenvalue weighted by molar-refractivity contribution is -0.134. The Hall–Kier alpha value is -0.240. The van der Waals surface area contributed by atoms with E-state index in [9.17, 15) is 4.79 Å². The summed E-state index contributed by atoms with van der Waals surface area (Å²) in [6.45, 7) is 0.895. The molecule has 0 unspecified atom stereocenters. The van der Waals surface area contributed by atoms with Gasteiger partial charge in [-0.1, -0.05) is 32.1 Å². The molecule has 0 aromatic heterocycles. The summed E-state index contributed by atoms with van der Waals surface area (Å²) >= 11 is 5.64. The van der Waals surface area contributed by atoms with E-state index in [1.54, 1.807) is 0 Å². The predicted molar refractivity (Wildman–Crippen MR) is 73.4 cm³/mol. The van der Waals surface area contributed by atoms with Crippen molar-refractivity contribution in [2.24, 2.45) is 5.92 Å². The molecule has 0 aromatic carbocycles. The zero-order chi connectivity index (χ0) is 12.5. The molecule has 0 aromatic rings. The maximum Gasteiger partial charge on any atom is 0.225 e. The zero-order valence-electron chi connectivity index (χ0n) is 11.1. The van der Waals surface area contributed by atoms with Crippen LogP contribution in [0.3, 0.4) is 0 Å². The van der Waals surface area contributed by atoms with Gasteiger partial charge in [0.15, 0.2) is 0 Å². The van der Waals surface area contributed by atoms with Crippen molar-refractivity contribution in [2.45, 2.75) is 57.8 Å². The van der Waals surface area contributed by atoms with Gasteiger partial charge in [-0.05, 0) is 25.7 Å². The average molecular weight is 260 g/mol. The molecule has 1 amide bonds. The summed E-state index contributed by atoms with van der Waals surface area (Å²) in [6.07, 6.45) is 10.6. The number of hydrogen-bond donors (Lipinski definition) is 0. The molecule has 0 bridgehead atoms. The van der Waals surface area contributed by atoms with Gasteiger partial charge < -0.3 is 4.90 Å². The highest BCUT2D eigenvalue weighted by atomic mass is 35.5. The zero-order valence-corrected chi connectivity index (χ0v) is 11.8. The van der Waals surface area contributed by atoms with Crippen LogP contribution >= 0.6 is 11.6 Å². The first kappa shape index (κ1) is 14.8. The molecule has 0 N–H and O–H groups in total. The fourth-order valence-corrected chi connectivity index (χ4v) is 2.76. The molecule has 3 heteroatoms. The summed E-state index contributed by atoms with van der Waals surface area (Å²) < 4.78 is 0. The molecule has 0 atom stereocenters. The van der Waals surface area contributed by atoms with Gasteiger partial charge in [0.05, 0.1) is 0 Å². The van der Waals surface area contributed by atoms with Crippen LogP contribution in [-0.2, 0) is 4.79 Å². The maximum atomic E-state index is 12.2. The monoisotopic (exact) mass is 259 g/mol. The Morgan fingerprint density at radius 1 is 1.12 bits per heavy atom. The molecule has 0 heterocycles. The van der Waals surface area contributed by atoms with Crippen molar-refractivity contribution in [3.8, 4) is 0 Å². The molecule has 0 radical (unpaired) electrons. The molecule has 17 heavy (non-hydrogen) atoms. The van der Waals surface area contributed by atoms with E-state index < -0.39 is 0 Å². The number of amides is 1. The van der Waals surface area contributed by atoms with Crippen LogP contribution in [0.25, 0.3) is 0 Å². The van der Waals surface area contributed by atoms with Crippen LogP contribution < -0.4 is 0 Å². The van der Waals surface area contributed by atoms with Crippen molar-refractivity contribution in [2.75, 3.05) is 19.5 Å². The molecule has 0 saturated heterocycles. The minimum absolute atomic E-state index is 0.301. The molecule has 0 aliphatic heterocycles. The number of rotatable bonds is 6. The van der Waals surface area contributed by atoms with Gasteiger partial charge in [0, 0.05) is 25.4 Å². The van der Waals surface area contributed by atoms with Crippen molar-refractivity contribution < 1.29 is 4.79 Å². The number of unbranched alkanes of at least 4 members (excludes halogenated alkanes) is 2. The van der Waals surface area contributed by atoms with Gasteiger partial charge in [-0.2, -0.15) is 0 Å². The van der Waals surface area contributed by atoms with Crippen LogP contribution in [0.4, 0.5) is 0 Å². The van der Waals surface area contributed by atoms with E-state index in [0.29, 0.717) is 11.8 Å². The van der Waals surface area contributed by atoms with Gasteiger partial charge >= 0.3 is 0 Å². The van der Waals surface area contributed by atoms with E-state index in [1.165, 1.54) is 25.7 Å². The van der Waals surface area contributed by atoms with Crippen LogP contribution in [-0.4, -0.2) is 30.3 Å². The fourth-order valence-electron chi connectivity index (χ4n) is 2.57. The predicted octanol–water partition coefficient (Wildman–Crippen LogP) is 3.82. The minimum Gasteiger partial charge on any atom is -0.346 e. The molecular weight excluding hydrogens is 234 g/mol. The molecule has 1 rings (SSSR count). The molecule has 2 nitrogen and oxygen atoms in total. The van der Waals surface area contributed by atoms with E-state index in [4.69, 9.17) is 11.6 Å². The highest BCUT2D eigenvalue weighted by molar-refractivity contribution is 6.17. The van der Waals surface area contributed by atoms with Gasteiger partial charge in [0.1, 0.15) is 0 Å². The Labute approximate surface area is 111 Å². The Bertz CT molecular complexity index is 212. The van der Waals surface area contributed by atoms with E-state index >= 15 is 0 Å². The lowest BCUT2D eigenvalue weighted by atomic mass is 9.99. The second-order valence-electron chi connectivity index (χ2n) is 5.20. The summed E-state index contributed by atoms with van der Waals surface area (Å²) in [6, 6.07) is 0. The average Bonchev–Trinajstić information content (AvgIpc) is 2.62. The fraction of sp³-hybridized carbons (Fsp3) is 0.929. The standard InChI is InChI=1S/C14H26ClNO/c1-16(12-8-4-7-11-15)14(17)13-9-5-2-3-6-10-13/h13H,2-12H2,1H3. The first-order valence-electron chi connectivity index (χ1n) is 7.06. The third-order valence-corrected chi connectivity index (χ3v) is 3.98. The molecule has 1 fully saturated rings. The Morgan fingerprint density at radius 3 is 2.35 bits per heavy atom. The molecule has 1 saturated carbocycles. The summed E-state index contributed by atoms with van der Waals surface area (Å²) in [5.41, 5.74) is 0. The number of nitrogens with zero attached hydrogens (tertiary/aromatic N) is 1. The molecule has 0 spiro atoms. The van der Waals surface area contributed by atoms with Gasteiger partial charge in [0.25, 0.3) is 0 Å². The second-order valence-corrected chi connectivity index (χ2v) is 5.58. The Morgan fingerprint density at radius 2 is 1.76 bits per heavy atom. The first-order valence-corrected chi connectivity index (χ1v) is 7.60. The second kappa shape index (κ2) is 8.79. The summed E-state index contributed by atoms with van der Waals surface area (Å²) in [4.78, 5) is 14.1. The highest BCUT2D eigenvalue weighted by Crippen LogP contribution is 2.24. The van der Waals surface area contributed by atoms with E-state index in [0.717, 1.165) is 44.5 Å². The molecular formula is C14H26ClNO. The van der Waals surface area contributed by atoms with Crippen LogP contribution in [0, 0.1) is 5.92 Å². The number of alkyl halides is 1. The summed E-state index contributed by atoms with van der Waals surface area (Å²) in [7, 11) is 1.95. The van der Waals surface area contributed by atoms with Crippen LogP contribution in [0.2, 0.25) is 0 Å². The Balaban J connectivity index is 2.24. The number of hydrogen-bond acceptors (Lipinski definition) is 1. The van der Waals surface area contributed by atoms with E-state index in [-0.39, 0.29) is 0 Å². The SMILES string of the molecule is CN(CCCCCCl)C(=O)C1CCCCCC1. The van der Waals surface area contributed by atoms with E-state index in [2.05, 4.69) is 0 Å². The van der Waals surface area contributed by atoms with Crippen LogP contribution in [0.15, 0.2) is 0 Å². The maximum absolute atomic E-state index is 12.2. The normalized spacial score (nSPS) is 17.8. The lowest BCUT2D eigenvalue weighted by Gasteiger charge is -2.22. The number of carbonyl (C=O) groups excluding carboxylic acids is 1. The van der Waals surface area contributed by atoms with Gasteiger partial charge in [-0.15, -0.1) is 11.6 Å². The third kappa shape index (κ3) is 5.76. The lowest BCUT2D eigenvalue weighted by Crippen LogP contribution is -2.33. The minimum atomic E-state index is 0.301. The third-order valence-electron chi connectivity index (χ3n) is 3.71. The quantitative estimate of drug-likeness (QED) is 0.403. The van der Waals surface area contributed by atoms with Crippen molar-refractivity contribution in [1.29, 1.82) is 0 Å². The largest absolute Gasteiger partial charge is 0.346 e. The van der Waals surface area contributed by atoms with Crippen molar-refractivity contribution in [3.05, 3.63) is 0 Å². The smallest absolute Gasteiger partial charge is 0.225 e. The highest BCUT2D eigenvalue weighted by Gasteiger charge is 2.22. The van der Waals surface area contributed by atoms with Crippen molar-refractivity contribution in [1.82, 2.24) is 4.90 Å². The summed E-state index contributed by atoms with van der Waals surface area (Å²) in [5.74, 6) is 1.41. The Kier molecular flexibility index (Phi) is 7.67. The summed E-state index contributed by atoms with van der Waals surface area (Å²) in [5, 5.41) is 0. The van der Waals surface area contributed by atoms with Crippen molar-refractivity contribution in [3.63, 3.8) is 0 Å².